The van der Waals surface area contributed by atoms with Crippen LogP contribution in [0.3, 0.4) is 0 Å². The molecule has 0 radical (unpaired) electrons. The lowest BCUT2D eigenvalue weighted by molar-refractivity contribution is -0.154. The number of nitrogens with zero attached hydrogens (tertiary/aromatic N) is 8. The minimum atomic E-state index is -4.60. The minimum Gasteiger partial charge on any atom is -0.609 e. The Kier molecular flexibility index (Phi) is 20.6. The van der Waals surface area contributed by atoms with Crippen molar-refractivity contribution in [2.75, 3.05) is 67.8 Å². The van der Waals surface area contributed by atoms with Crippen LogP contribution in [0.4, 0.5) is 40.7 Å². The Bertz CT molecular complexity index is 2740. The van der Waals surface area contributed by atoms with Crippen molar-refractivity contribution in [3.63, 3.8) is 0 Å². The average molecular weight is 1110 g/mol. The zero-order valence-electron chi connectivity index (χ0n) is 42.2. The summed E-state index contributed by atoms with van der Waals surface area (Å²) in [6, 6.07) is 14.1. The molecule has 0 saturated carbocycles. The molecule has 4 atom stereocenters. The number of hydrogen-bond donors (Lipinski definition) is 0. The fraction of sp³-hybridized carbons (Fsp3) is 0.449. The third kappa shape index (κ3) is 15.8. The molecule has 6 aromatic rings. The monoisotopic (exact) mass is 1110 g/mol. The van der Waals surface area contributed by atoms with E-state index in [0.717, 1.165) is 9.13 Å². The van der Waals surface area contributed by atoms with Crippen molar-refractivity contribution < 1.29 is 78.3 Å². The van der Waals surface area contributed by atoms with E-state index in [-0.39, 0.29) is 95.0 Å². The van der Waals surface area contributed by atoms with Crippen LogP contribution in [0.5, 0.6) is 11.5 Å². The second-order valence-corrected chi connectivity index (χ2v) is 20.0. The summed E-state index contributed by atoms with van der Waals surface area (Å²) >= 11 is -4.17. The van der Waals surface area contributed by atoms with Crippen LogP contribution in [0.25, 0.3) is 22.1 Å². The number of fused-ring (bicyclic) bond motifs is 2. The molecule has 0 N–H and O–H groups in total. The van der Waals surface area contributed by atoms with Gasteiger partial charge in [-0.05, 0) is 75.9 Å². The number of carbonyl (C=O) groups excluding carboxylic acids is 3. The molecular formula is C49H56F6N8O11S2. The largest absolute Gasteiger partial charge is 0.609 e. The van der Waals surface area contributed by atoms with Gasteiger partial charge in [-0.25, -0.2) is 23.5 Å². The molecule has 4 unspecified atom stereocenters. The van der Waals surface area contributed by atoms with Gasteiger partial charge in [0, 0.05) is 87.4 Å². The Balaban J connectivity index is 1.18. The van der Waals surface area contributed by atoms with Gasteiger partial charge in [0.25, 0.3) is 0 Å². The summed E-state index contributed by atoms with van der Waals surface area (Å²) in [6.07, 6.45) is -8.77. The van der Waals surface area contributed by atoms with Crippen molar-refractivity contribution in [3.05, 3.63) is 95.6 Å². The summed E-state index contributed by atoms with van der Waals surface area (Å²) in [5.74, 6) is -0.881. The highest BCUT2D eigenvalue weighted by atomic mass is 32.2. The van der Waals surface area contributed by atoms with Gasteiger partial charge in [0.15, 0.2) is 24.7 Å². The molecule has 412 valence electrons. The number of benzene rings is 2. The molecule has 4 heterocycles. The maximum absolute atomic E-state index is 14.4. The van der Waals surface area contributed by atoms with E-state index in [9.17, 15) is 49.8 Å². The van der Waals surface area contributed by atoms with E-state index in [0.29, 0.717) is 34.9 Å². The first-order valence-corrected chi connectivity index (χ1v) is 26.1. The third-order valence-corrected chi connectivity index (χ3v) is 14.0. The Morgan fingerprint density at radius 2 is 1.01 bits per heavy atom. The molecule has 0 fully saturated rings. The summed E-state index contributed by atoms with van der Waals surface area (Å²) in [5.41, 5.74) is 1.97. The maximum atomic E-state index is 14.4. The average Bonchev–Trinajstić information content (AvgIpc) is 3.98. The molecule has 0 aliphatic rings. The van der Waals surface area contributed by atoms with Gasteiger partial charge in [-0.3, -0.25) is 9.97 Å². The first kappa shape index (κ1) is 58.9. The van der Waals surface area contributed by atoms with Crippen molar-refractivity contribution in [1.82, 2.24) is 38.9 Å². The van der Waals surface area contributed by atoms with E-state index in [1.807, 2.05) is 0 Å². The first-order valence-electron chi connectivity index (χ1n) is 23.4. The second kappa shape index (κ2) is 26.6. The van der Waals surface area contributed by atoms with E-state index >= 15 is 0 Å². The number of carbonyl (C=O) groups is 3. The summed E-state index contributed by atoms with van der Waals surface area (Å²) < 4.78 is 140. The lowest BCUT2D eigenvalue weighted by Gasteiger charge is -2.27. The number of hydrogen-bond acceptors (Lipinski definition) is 15. The molecule has 19 nitrogen and oxygen atoms in total. The normalized spacial score (nSPS) is 13.6. The van der Waals surface area contributed by atoms with Gasteiger partial charge in [0.05, 0.1) is 46.5 Å². The zero-order valence-corrected chi connectivity index (χ0v) is 43.9. The topological polar surface area (TPSA) is 221 Å². The standard InChI is InChI=1S/C49H56F6N8O11S2/c1-31-37(56-21-19-41(31)71-29-48(50,51)52)27-75(67)43-58-35-15-7-9-17-39(35)62(43)45(64)60(3)25-33(13-11-23-69-5)73-47(66)74-34(14-12-24-70-6)26-61(4)46(65)63-40-18-10-8-16-36(40)59-44(63)76(68)28-38-32(2)42(20-22-57-38)72-30-49(53,54)55/h7-10,15-22,33-34H,11-14,23-30H2,1-6H3. The summed E-state index contributed by atoms with van der Waals surface area (Å²) in [7, 11) is 5.85. The van der Waals surface area contributed by atoms with Crippen LogP contribution in [0.2, 0.25) is 0 Å². The number of ether oxygens (including phenoxy) is 6. The smallest absolute Gasteiger partial charge is 0.508 e. The quantitative estimate of drug-likeness (QED) is 0.0240. The van der Waals surface area contributed by atoms with Gasteiger partial charge >= 0.3 is 40.9 Å². The highest BCUT2D eigenvalue weighted by Crippen LogP contribution is 2.30. The Hall–Kier alpha value is -6.39. The highest BCUT2D eigenvalue weighted by Gasteiger charge is 2.35. The molecule has 0 spiro atoms. The zero-order chi connectivity index (χ0) is 55.3. The van der Waals surface area contributed by atoms with Gasteiger partial charge in [-0.1, -0.05) is 24.3 Å². The van der Waals surface area contributed by atoms with Crippen LogP contribution >= 0.6 is 0 Å². The molecule has 0 aliphatic heterocycles. The lowest BCUT2D eigenvalue weighted by Crippen LogP contribution is -2.42. The van der Waals surface area contributed by atoms with Gasteiger partial charge in [-0.2, -0.15) is 36.3 Å². The Morgan fingerprint density at radius 3 is 1.38 bits per heavy atom. The first-order chi connectivity index (χ1) is 36.1. The number of amides is 2. The highest BCUT2D eigenvalue weighted by molar-refractivity contribution is 7.90. The summed E-state index contributed by atoms with van der Waals surface area (Å²) in [6.45, 7) is -0.0413. The molecule has 76 heavy (non-hydrogen) atoms. The van der Waals surface area contributed by atoms with Crippen molar-refractivity contribution in [2.45, 2.75) is 85.9 Å². The fourth-order valence-electron chi connectivity index (χ4n) is 7.80. The molecule has 27 heteroatoms. The van der Waals surface area contributed by atoms with Crippen molar-refractivity contribution >= 4 is 62.6 Å². The SMILES string of the molecule is COCCCC(CN(C)C(=O)n1c([S+]([O-])Cc2nccc(OCC(F)(F)F)c2C)nc2ccccc21)OC(=O)OC(CCCOC)CN(C)C(=O)n1c([S+]([O-])Cc2nccc(OCC(F)(F)F)c2C)nc2ccccc21. The molecule has 2 amide bonds. The van der Waals surface area contributed by atoms with E-state index in [1.54, 1.807) is 48.5 Å². The van der Waals surface area contributed by atoms with Crippen molar-refractivity contribution in [2.24, 2.45) is 0 Å². The van der Waals surface area contributed by atoms with Crippen LogP contribution in [0.15, 0.2) is 83.4 Å². The van der Waals surface area contributed by atoms with Crippen LogP contribution in [-0.4, -0.2) is 159 Å². The predicted octanol–water partition coefficient (Wildman–Crippen LogP) is 8.53. The van der Waals surface area contributed by atoms with Crippen molar-refractivity contribution in [1.29, 1.82) is 0 Å². The van der Waals surface area contributed by atoms with E-state index in [2.05, 4.69) is 19.9 Å². The van der Waals surface area contributed by atoms with Gasteiger partial charge in [0.2, 0.25) is 0 Å². The molecule has 0 saturated heterocycles. The number of rotatable bonds is 24. The number of halogens is 6. The predicted molar refractivity (Wildman–Crippen MR) is 265 cm³/mol. The van der Waals surface area contributed by atoms with Gasteiger partial charge in [-0.15, -0.1) is 0 Å². The van der Waals surface area contributed by atoms with Crippen LogP contribution in [0, 0.1) is 13.8 Å². The maximum Gasteiger partial charge on any atom is 0.508 e. The number of imidazole rings is 2. The minimum absolute atomic E-state index is 0.105. The number of methoxy groups -OCH3 is 2. The van der Waals surface area contributed by atoms with E-state index < -0.39 is 78.3 Å². The van der Waals surface area contributed by atoms with Crippen LogP contribution < -0.4 is 9.47 Å². The second-order valence-electron chi connectivity index (χ2n) is 17.3. The lowest BCUT2D eigenvalue weighted by atomic mass is 10.2. The molecular weight excluding hydrogens is 1050 g/mol. The van der Waals surface area contributed by atoms with Crippen LogP contribution in [0.1, 0.15) is 48.2 Å². The fourth-order valence-corrected chi connectivity index (χ4v) is 10.3. The van der Waals surface area contributed by atoms with Crippen LogP contribution in [-0.2, 0) is 52.8 Å². The van der Waals surface area contributed by atoms with E-state index in [1.165, 1.54) is 76.5 Å². The number of para-hydroxylation sites is 4. The molecule has 0 bridgehead atoms. The number of pyridine rings is 2. The van der Waals surface area contributed by atoms with E-state index in [4.69, 9.17) is 28.4 Å². The third-order valence-electron chi connectivity index (χ3n) is 11.6. The number of alkyl halides is 6. The number of aromatic nitrogens is 6. The molecule has 2 aromatic carbocycles. The van der Waals surface area contributed by atoms with Crippen molar-refractivity contribution in [3.8, 4) is 11.5 Å². The molecule has 6 rings (SSSR count). The summed E-state index contributed by atoms with van der Waals surface area (Å²) in [5, 5.41) is -0.348. The molecule has 4 aromatic heterocycles. The molecule has 0 aliphatic carbocycles. The Morgan fingerprint density at radius 1 is 0.632 bits per heavy atom. The Labute approximate surface area is 439 Å². The summed E-state index contributed by atoms with van der Waals surface area (Å²) in [4.78, 5) is 62.6. The van der Waals surface area contributed by atoms with Gasteiger partial charge < -0.3 is 47.3 Å². The van der Waals surface area contributed by atoms with Gasteiger partial charge in [0.1, 0.15) is 23.7 Å². The number of likely N-dealkylation sites (N-methyl/N-ethyl adjacent to an activating group) is 2.